The summed E-state index contributed by atoms with van der Waals surface area (Å²) in [5.41, 5.74) is 3.49. The number of carbonyl (C=O) groups is 1. The quantitative estimate of drug-likeness (QED) is 0.580. The molecule has 0 aliphatic carbocycles. The molecule has 22 heavy (non-hydrogen) atoms. The van der Waals surface area contributed by atoms with Gasteiger partial charge in [0.1, 0.15) is 5.82 Å². The zero-order chi connectivity index (χ0) is 15.4. The molecule has 0 fully saturated rings. The Labute approximate surface area is 127 Å². The van der Waals surface area contributed by atoms with Gasteiger partial charge in [-0.25, -0.2) is 9.82 Å². The summed E-state index contributed by atoms with van der Waals surface area (Å²) in [7, 11) is 0. The SMILES string of the molecule is O=C(N/N=C/c1ccc2ccccc2c1)c1cccc(F)c1. The number of hydrogen-bond acceptors (Lipinski definition) is 2. The summed E-state index contributed by atoms with van der Waals surface area (Å²) in [6.45, 7) is 0. The van der Waals surface area contributed by atoms with Gasteiger partial charge in [0.05, 0.1) is 6.21 Å². The van der Waals surface area contributed by atoms with Crippen LogP contribution in [-0.4, -0.2) is 12.1 Å². The summed E-state index contributed by atoms with van der Waals surface area (Å²) in [6.07, 6.45) is 1.56. The van der Waals surface area contributed by atoms with Crippen molar-refractivity contribution in [3.63, 3.8) is 0 Å². The van der Waals surface area contributed by atoms with Crippen LogP contribution in [0.3, 0.4) is 0 Å². The fraction of sp³-hybridized carbons (Fsp3) is 0. The lowest BCUT2D eigenvalue weighted by atomic mass is 10.1. The number of rotatable bonds is 3. The van der Waals surface area contributed by atoms with Gasteiger partial charge in [0, 0.05) is 5.56 Å². The summed E-state index contributed by atoms with van der Waals surface area (Å²) in [5.74, 6) is -0.900. The van der Waals surface area contributed by atoms with Crippen LogP contribution in [0.1, 0.15) is 15.9 Å². The molecule has 0 radical (unpaired) electrons. The number of carbonyl (C=O) groups excluding carboxylic acids is 1. The molecule has 4 heteroatoms. The fourth-order valence-electron chi connectivity index (χ4n) is 2.15. The first kappa shape index (κ1) is 13.9. The molecule has 0 atom stereocenters. The topological polar surface area (TPSA) is 41.5 Å². The maximum Gasteiger partial charge on any atom is 0.271 e. The molecule has 0 bridgehead atoms. The van der Waals surface area contributed by atoms with Crippen molar-refractivity contribution in [3.8, 4) is 0 Å². The summed E-state index contributed by atoms with van der Waals surface area (Å²) >= 11 is 0. The first-order chi connectivity index (χ1) is 10.7. The van der Waals surface area contributed by atoms with E-state index >= 15 is 0 Å². The molecule has 0 saturated carbocycles. The first-order valence-corrected chi connectivity index (χ1v) is 6.80. The molecule has 3 rings (SSSR count). The van der Waals surface area contributed by atoms with Crippen molar-refractivity contribution in [2.45, 2.75) is 0 Å². The first-order valence-electron chi connectivity index (χ1n) is 6.80. The number of amides is 1. The van der Waals surface area contributed by atoms with Crippen LogP contribution in [0.2, 0.25) is 0 Å². The third-order valence-electron chi connectivity index (χ3n) is 3.24. The highest BCUT2D eigenvalue weighted by Crippen LogP contribution is 2.14. The summed E-state index contributed by atoms with van der Waals surface area (Å²) in [6, 6.07) is 19.3. The van der Waals surface area contributed by atoms with Crippen molar-refractivity contribution in [2.24, 2.45) is 5.10 Å². The number of nitrogens with one attached hydrogen (secondary N) is 1. The number of hydrogen-bond donors (Lipinski definition) is 1. The van der Waals surface area contributed by atoms with Gasteiger partial charge >= 0.3 is 0 Å². The summed E-state index contributed by atoms with van der Waals surface area (Å²) in [5, 5.41) is 6.15. The Kier molecular flexibility index (Phi) is 3.92. The Morgan fingerprint density at radius 3 is 2.59 bits per heavy atom. The molecule has 0 saturated heterocycles. The Hall–Kier alpha value is -3.01. The van der Waals surface area contributed by atoms with Gasteiger partial charge in [0.25, 0.3) is 5.91 Å². The van der Waals surface area contributed by atoms with Crippen LogP contribution >= 0.6 is 0 Å². The van der Waals surface area contributed by atoms with Crippen molar-refractivity contribution >= 4 is 22.9 Å². The standard InChI is InChI=1S/C18H13FN2O/c19-17-7-3-6-16(11-17)18(22)21-20-12-13-8-9-14-4-1-2-5-15(14)10-13/h1-12H,(H,21,22)/b20-12+. The number of halogens is 1. The molecule has 0 unspecified atom stereocenters. The van der Waals surface area contributed by atoms with Crippen molar-refractivity contribution < 1.29 is 9.18 Å². The fourth-order valence-corrected chi connectivity index (χ4v) is 2.15. The molecule has 0 aliphatic heterocycles. The van der Waals surface area contributed by atoms with Crippen LogP contribution < -0.4 is 5.43 Å². The van der Waals surface area contributed by atoms with E-state index in [0.717, 1.165) is 16.3 Å². The normalized spacial score (nSPS) is 11.0. The second kappa shape index (κ2) is 6.18. The lowest BCUT2D eigenvalue weighted by molar-refractivity contribution is 0.0954. The van der Waals surface area contributed by atoms with Crippen LogP contribution in [-0.2, 0) is 0 Å². The number of benzene rings is 3. The molecule has 1 N–H and O–H groups in total. The summed E-state index contributed by atoms with van der Waals surface area (Å²) in [4.78, 5) is 11.8. The molecule has 0 aromatic heterocycles. The van der Waals surface area contributed by atoms with E-state index in [-0.39, 0.29) is 5.56 Å². The molecule has 3 nitrogen and oxygen atoms in total. The van der Waals surface area contributed by atoms with Gasteiger partial charge in [-0.1, -0.05) is 42.5 Å². The molecule has 1 amide bonds. The highest BCUT2D eigenvalue weighted by atomic mass is 19.1. The maximum absolute atomic E-state index is 13.0. The second-order valence-corrected chi connectivity index (χ2v) is 4.82. The molecule has 0 aliphatic rings. The van der Waals surface area contributed by atoms with Gasteiger partial charge in [-0.05, 0) is 40.6 Å². The minimum absolute atomic E-state index is 0.232. The molecular formula is C18H13FN2O. The van der Waals surface area contributed by atoms with E-state index in [1.165, 1.54) is 24.3 Å². The lowest BCUT2D eigenvalue weighted by Crippen LogP contribution is -2.17. The van der Waals surface area contributed by atoms with Gasteiger partial charge < -0.3 is 0 Å². The minimum Gasteiger partial charge on any atom is -0.267 e. The molecule has 108 valence electrons. The predicted octanol–water partition coefficient (Wildman–Crippen LogP) is 3.74. The van der Waals surface area contributed by atoms with Crippen LogP contribution in [0, 0.1) is 5.82 Å². The van der Waals surface area contributed by atoms with Gasteiger partial charge in [-0.3, -0.25) is 4.79 Å². The van der Waals surface area contributed by atoms with Crippen molar-refractivity contribution in [3.05, 3.63) is 83.7 Å². The molecule has 3 aromatic carbocycles. The Bertz CT molecular complexity index is 858. The predicted molar refractivity (Wildman–Crippen MR) is 85.4 cm³/mol. The van der Waals surface area contributed by atoms with E-state index in [4.69, 9.17) is 0 Å². The van der Waals surface area contributed by atoms with Crippen LogP contribution in [0.25, 0.3) is 10.8 Å². The number of nitrogens with zero attached hydrogens (tertiary/aromatic N) is 1. The molecule has 3 aromatic rings. The number of hydrazone groups is 1. The van der Waals surface area contributed by atoms with Crippen LogP contribution in [0.5, 0.6) is 0 Å². The van der Waals surface area contributed by atoms with Gasteiger partial charge in [-0.15, -0.1) is 0 Å². The molecule has 0 heterocycles. The minimum atomic E-state index is -0.453. The third kappa shape index (κ3) is 3.17. The van der Waals surface area contributed by atoms with E-state index in [9.17, 15) is 9.18 Å². The Balaban J connectivity index is 1.72. The monoisotopic (exact) mass is 292 g/mol. The van der Waals surface area contributed by atoms with E-state index < -0.39 is 11.7 Å². The third-order valence-corrected chi connectivity index (χ3v) is 3.24. The zero-order valence-corrected chi connectivity index (χ0v) is 11.7. The zero-order valence-electron chi connectivity index (χ0n) is 11.7. The summed E-state index contributed by atoms with van der Waals surface area (Å²) < 4.78 is 13.0. The van der Waals surface area contributed by atoms with E-state index in [1.807, 2.05) is 42.5 Å². The Morgan fingerprint density at radius 1 is 0.955 bits per heavy atom. The van der Waals surface area contributed by atoms with Gasteiger partial charge in [-0.2, -0.15) is 5.10 Å². The molecule has 0 spiro atoms. The largest absolute Gasteiger partial charge is 0.271 e. The van der Waals surface area contributed by atoms with Crippen LogP contribution in [0.15, 0.2) is 71.8 Å². The second-order valence-electron chi connectivity index (χ2n) is 4.82. The molecular weight excluding hydrogens is 279 g/mol. The van der Waals surface area contributed by atoms with E-state index in [1.54, 1.807) is 6.21 Å². The van der Waals surface area contributed by atoms with E-state index in [2.05, 4.69) is 10.5 Å². The van der Waals surface area contributed by atoms with Crippen molar-refractivity contribution in [1.82, 2.24) is 5.43 Å². The van der Waals surface area contributed by atoms with E-state index in [0.29, 0.717) is 0 Å². The van der Waals surface area contributed by atoms with Gasteiger partial charge in [0.2, 0.25) is 0 Å². The number of fused-ring (bicyclic) bond motifs is 1. The average Bonchev–Trinajstić information content (AvgIpc) is 2.54. The van der Waals surface area contributed by atoms with Crippen LogP contribution in [0.4, 0.5) is 4.39 Å². The highest BCUT2D eigenvalue weighted by molar-refractivity contribution is 5.95. The lowest BCUT2D eigenvalue weighted by Gasteiger charge is -2.01. The highest BCUT2D eigenvalue weighted by Gasteiger charge is 2.04. The van der Waals surface area contributed by atoms with Crippen molar-refractivity contribution in [1.29, 1.82) is 0 Å². The smallest absolute Gasteiger partial charge is 0.267 e. The van der Waals surface area contributed by atoms with Crippen molar-refractivity contribution in [2.75, 3.05) is 0 Å². The Morgan fingerprint density at radius 2 is 1.77 bits per heavy atom. The average molecular weight is 292 g/mol. The maximum atomic E-state index is 13.0. The van der Waals surface area contributed by atoms with Gasteiger partial charge in [0.15, 0.2) is 0 Å².